The van der Waals surface area contributed by atoms with E-state index >= 15 is 0 Å². The van der Waals surface area contributed by atoms with Gasteiger partial charge in [-0.25, -0.2) is 13.2 Å². The van der Waals surface area contributed by atoms with Crippen molar-refractivity contribution in [3.8, 4) is 5.75 Å². The second-order valence-electron chi connectivity index (χ2n) is 9.91. The third-order valence-electron chi connectivity index (χ3n) is 6.07. The predicted molar refractivity (Wildman–Crippen MR) is 139 cm³/mol. The summed E-state index contributed by atoms with van der Waals surface area (Å²) in [7, 11) is -3.43. The molecular weight excluding hydrogens is 484 g/mol. The fraction of sp³-hybridized carbons (Fsp3) is 0.500. The fourth-order valence-corrected chi connectivity index (χ4v) is 4.76. The summed E-state index contributed by atoms with van der Waals surface area (Å²) in [4.78, 5) is 14.5. The number of urea groups is 1. The van der Waals surface area contributed by atoms with Gasteiger partial charge >= 0.3 is 6.03 Å². The van der Waals surface area contributed by atoms with E-state index in [-0.39, 0.29) is 11.2 Å². The van der Waals surface area contributed by atoms with E-state index in [1.54, 1.807) is 25.1 Å². The normalized spacial score (nSPS) is 16.4. The van der Waals surface area contributed by atoms with Gasteiger partial charge in [0.25, 0.3) is 0 Å². The molecule has 1 aliphatic heterocycles. The molecule has 2 amide bonds. The second kappa shape index (κ2) is 10.9. The van der Waals surface area contributed by atoms with Crippen molar-refractivity contribution in [2.24, 2.45) is 0 Å². The Balaban J connectivity index is 1.59. The Morgan fingerprint density at radius 3 is 2.53 bits per heavy atom. The number of hydrogen-bond acceptors (Lipinski definition) is 8. The van der Waals surface area contributed by atoms with E-state index in [9.17, 15) is 18.3 Å². The first-order valence-electron chi connectivity index (χ1n) is 11.8. The summed E-state index contributed by atoms with van der Waals surface area (Å²) in [6.07, 6.45) is -0.428. The molecule has 0 aliphatic carbocycles. The van der Waals surface area contributed by atoms with Crippen molar-refractivity contribution in [3.63, 3.8) is 0 Å². The SMILES string of the molecule is C=CS(=O)(=O)N1CCN(Cc2c(O)ccc(NC(C)NC(=O)Nc3cc(C(C)(C)C)on3)c2C)CC1. The third-order valence-corrected chi connectivity index (χ3v) is 7.57. The number of aromatic hydroxyl groups is 1. The minimum atomic E-state index is -3.43. The highest BCUT2D eigenvalue weighted by molar-refractivity contribution is 7.92. The molecule has 0 spiro atoms. The van der Waals surface area contributed by atoms with E-state index in [1.807, 2.05) is 27.7 Å². The molecule has 2 aromatic rings. The molecule has 2 heterocycles. The summed E-state index contributed by atoms with van der Waals surface area (Å²) >= 11 is 0. The molecule has 0 radical (unpaired) electrons. The lowest BCUT2D eigenvalue weighted by Crippen LogP contribution is -2.47. The van der Waals surface area contributed by atoms with Crippen molar-refractivity contribution in [1.29, 1.82) is 0 Å². The summed E-state index contributed by atoms with van der Waals surface area (Å²) < 4.78 is 30.7. The van der Waals surface area contributed by atoms with Crippen molar-refractivity contribution >= 4 is 27.6 Å². The zero-order valence-electron chi connectivity index (χ0n) is 21.5. The van der Waals surface area contributed by atoms with Crippen LogP contribution < -0.4 is 16.0 Å². The highest BCUT2D eigenvalue weighted by Gasteiger charge is 2.26. The van der Waals surface area contributed by atoms with Crippen LogP contribution >= 0.6 is 0 Å². The fourth-order valence-electron chi connectivity index (χ4n) is 3.88. The molecule has 3 rings (SSSR count). The van der Waals surface area contributed by atoms with Gasteiger partial charge in [-0.1, -0.05) is 32.5 Å². The van der Waals surface area contributed by atoms with Crippen LogP contribution in [-0.2, 0) is 22.0 Å². The van der Waals surface area contributed by atoms with E-state index in [2.05, 4.69) is 32.6 Å². The number of nitrogens with one attached hydrogen (secondary N) is 3. The number of piperazine rings is 1. The van der Waals surface area contributed by atoms with Gasteiger partial charge in [0.05, 0.1) is 6.17 Å². The monoisotopic (exact) mass is 520 g/mol. The van der Waals surface area contributed by atoms with Gasteiger partial charge in [0.2, 0.25) is 10.0 Å². The number of carbonyl (C=O) groups is 1. The number of sulfonamides is 1. The smallest absolute Gasteiger partial charge is 0.322 e. The molecular formula is C24H36N6O5S. The molecule has 12 heteroatoms. The molecule has 0 bridgehead atoms. The van der Waals surface area contributed by atoms with Gasteiger partial charge in [0.1, 0.15) is 11.5 Å². The van der Waals surface area contributed by atoms with Crippen molar-refractivity contribution in [2.45, 2.75) is 52.7 Å². The Kier molecular flexibility index (Phi) is 8.32. The summed E-state index contributed by atoms with van der Waals surface area (Å²) in [5.74, 6) is 1.16. The molecule has 198 valence electrons. The highest BCUT2D eigenvalue weighted by atomic mass is 32.2. The lowest BCUT2D eigenvalue weighted by molar-refractivity contribution is 0.181. The van der Waals surface area contributed by atoms with Crippen LogP contribution in [0.3, 0.4) is 0 Å². The number of nitrogens with zero attached hydrogens (tertiary/aromatic N) is 3. The maximum atomic E-state index is 12.4. The van der Waals surface area contributed by atoms with E-state index in [0.29, 0.717) is 44.3 Å². The van der Waals surface area contributed by atoms with E-state index in [4.69, 9.17) is 4.52 Å². The standard InChI is InChI=1S/C24H36N6O5S/c1-7-36(33,34)30-12-10-29(11-13-30)15-18-16(2)19(8-9-20(18)31)25-17(3)26-23(32)27-22-14-21(35-28-22)24(4,5)6/h7-9,14,17,25,31H,1,10-13,15H2,2-6H3,(H2,26,27,28,32). The highest BCUT2D eigenvalue weighted by Crippen LogP contribution is 2.29. The topological polar surface area (TPSA) is 140 Å². The summed E-state index contributed by atoms with van der Waals surface area (Å²) in [5.41, 5.74) is 2.13. The maximum Gasteiger partial charge on any atom is 0.322 e. The van der Waals surface area contributed by atoms with Crippen LogP contribution in [0.15, 0.2) is 34.7 Å². The average molecular weight is 521 g/mol. The van der Waals surface area contributed by atoms with Crippen LogP contribution in [0.25, 0.3) is 0 Å². The Labute approximate surface area is 212 Å². The number of amides is 2. The first kappa shape index (κ1) is 27.5. The zero-order valence-corrected chi connectivity index (χ0v) is 22.3. The second-order valence-corrected chi connectivity index (χ2v) is 11.8. The van der Waals surface area contributed by atoms with Gasteiger partial charge in [-0.3, -0.25) is 10.2 Å². The number of phenols is 1. The van der Waals surface area contributed by atoms with Crippen molar-refractivity contribution in [3.05, 3.63) is 47.1 Å². The van der Waals surface area contributed by atoms with Crippen LogP contribution in [0.1, 0.15) is 44.6 Å². The van der Waals surface area contributed by atoms with Crippen LogP contribution in [-0.4, -0.2) is 66.3 Å². The van der Waals surface area contributed by atoms with Gasteiger partial charge in [-0.05, 0) is 31.5 Å². The van der Waals surface area contributed by atoms with Crippen LogP contribution in [0, 0.1) is 6.92 Å². The number of phenolic OH excluding ortho intramolecular Hbond substituents is 1. The zero-order chi connectivity index (χ0) is 26.7. The number of hydrogen-bond donors (Lipinski definition) is 4. The summed E-state index contributed by atoms with van der Waals surface area (Å²) in [5, 5.41) is 24.1. The van der Waals surface area contributed by atoms with Crippen molar-refractivity contribution in [1.82, 2.24) is 19.7 Å². The quantitative estimate of drug-likeness (QED) is 0.307. The number of rotatable bonds is 8. The number of aromatic nitrogens is 1. The lowest BCUT2D eigenvalue weighted by atomic mass is 9.93. The Morgan fingerprint density at radius 1 is 1.28 bits per heavy atom. The first-order chi connectivity index (χ1) is 16.8. The molecule has 1 aromatic carbocycles. The molecule has 1 saturated heterocycles. The molecule has 1 unspecified atom stereocenters. The predicted octanol–water partition coefficient (Wildman–Crippen LogP) is 3.16. The Hall–Kier alpha value is -3.09. The number of benzene rings is 1. The molecule has 1 aliphatic rings. The van der Waals surface area contributed by atoms with Gasteiger partial charge in [0, 0.05) is 60.9 Å². The van der Waals surface area contributed by atoms with Crippen LogP contribution in [0.4, 0.5) is 16.3 Å². The molecule has 1 atom stereocenters. The Morgan fingerprint density at radius 2 is 1.94 bits per heavy atom. The van der Waals surface area contributed by atoms with Crippen molar-refractivity contribution < 1.29 is 22.8 Å². The van der Waals surface area contributed by atoms with E-state index in [0.717, 1.165) is 22.2 Å². The number of anilines is 2. The van der Waals surface area contributed by atoms with Crippen LogP contribution in [0.2, 0.25) is 0 Å². The molecule has 4 N–H and O–H groups in total. The summed E-state index contributed by atoms with van der Waals surface area (Å²) in [6.45, 7) is 15.3. The summed E-state index contributed by atoms with van der Waals surface area (Å²) in [6, 6.07) is 4.62. The molecule has 1 aromatic heterocycles. The number of carbonyl (C=O) groups excluding carboxylic acids is 1. The lowest BCUT2D eigenvalue weighted by Gasteiger charge is -2.33. The van der Waals surface area contributed by atoms with Gasteiger partial charge in [-0.2, -0.15) is 4.31 Å². The molecule has 0 saturated carbocycles. The molecule has 11 nitrogen and oxygen atoms in total. The first-order valence-corrected chi connectivity index (χ1v) is 13.3. The Bertz CT molecular complexity index is 1200. The largest absolute Gasteiger partial charge is 0.508 e. The van der Waals surface area contributed by atoms with E-state index < -0.39 is 22.2 Å². The average Bonchev–Trinajstić information content (AvgIpc) is 3.28. The maximum absolute atomic E-state index is 12.4. The van der Waals surface area contributed by atoms with Gasteiger partial charge < -0.3 is 20.3 Å². The van der Waals surface area contributed by atoms with E-state index in [1.165, 1.54) is 4.31 Å². The van der Waals surface area contributed by atoms with Crippen molar-refractivity contribution in [2.75, 3.05) is 36.8 Å². The van der Waals surface area contributed by atoms with Gasteiger partial charge in [-0.15, -0.1) is 0 Å². The van der Waals surface area contributed by atoms with Gasteiger partial charge in [0.15, 0.2) is 5.82 Å². The minimum Gasteiger partial charge on any atom is -0.508 e. The molecule has 1 fully saturated rings. The van der Waals surface area contributed by atoms with Crippen LogP contribution in [0.5, 0.6) is 5.75 Å². The molecule has 36 heavy (non-hydrogen) atoms. The third kappa shape index (κ3) is 6.77. The minimum absolute atomic E-state index is 0.165.